The number of nitrogens with one attached hydrogen (secondary N) is 2. The fourth-order valence-electron chi connectivity index (χ4n) is 1.84. The number of carbonyl (C=O) groups excluding carboxylic acids is 1. The van der Waals surface area contributed by atoms with Gasteiger partial charge in [-0.2, -0.15) is 0 Å². The molecule has 0 spiro atoms. The molecule has 2 aromatic rings. The predicted molar refractivity (Wildman–Crippen MR) is 91.4 cm³/mol. The van der Waals surface area contributed by atoms with Gasteiger partial charge < -0.3 is 15.4 Å². The minimum atomic E-state index is -0.243. The molecule has 0 aliphatic carbocycles. The third kappa shape index (κ3) is 4.54. The molecule has 1 aromatic carbocycles. The summed E-state index contributed by atoms with van der Waals surface area (Å²) < 4.78 is 5.81. The highest BCUT2D eigenvalue weighted by molar-refractivity contribution is 9.10. The average Bonchev–Trinajstić information content (AvgIpc) is 2.51. The number of methoxy groups -OCH3 is 1. The Morgan fingerprint density at radius 2 is 2.14 bits per heavy atom. The number of hydrogen-bond donors (Lipinski definition) is 2. The van der Waals surface area contributed by atoms with Gasteiger partial charge in [-0.3, -0.25) is 4.79 Å². The monoisotopic (exact) mass is 363 g/mol. The summed E-state index contributed by atoms with van der Waals surface area (Å²) in [5, 5.41) is 5.99. The number of aromatic nitrogens is 1. The number of anilines is 2. The van der Waals surface area contributed by atoms with Crippen LogP contribution in [0.15, 0.2) is 41.0 Å². The van der Waals surface area contributed by atoms with Gasteiger partial charge in [-0.05, 0) is 52.7 Å². The third-order valence-corrected chi connectivity index (χ3v) is 3.66. The van der Waals surface area contributed by atoms with Crippen molar-refractivity contribution in [3.8, 4) is 0 Å². The Morgan fingerprint density at radius 1 is 1.32 bits per heavy atom. The molecule has 0 bridgehead atoms. The Labute approximate surface area is 138 Å². The average molecular weight is 364 g/mol. The van der Waals surface area contributed by atoms with Crippen molar-refractivity contribution in [2.24, 2.45) is 0 Å². The van der Waals surface area contributed by atoms with Gasteiger partial charge in [0.05, 0.1) is 24.2 Å². The SMILES string of the molecule is COCCNc1ccc(C(=O)Nc2ccc(C)cc2Br)nc1. The van der Waals surface area contributed by atoms with Crippen LogP contribution in [0.3, 0.4) is 0 Å². The van der Waals surface area contributed by atoms with Gasteiger partial charge >= 0.3 is 0 Å². The van der Waals surface area contributed by atoms with E-state index in [2.05, 4.69) is 31.5 Å². The Bertz CT molecular complexity index is 644. The van der Waals surface area contributed by atoms with Crippen molar-refractivity contribution >= 4 is 33.2 Å². The lowest BCUT2D eigenvalue weighted by Crippen LogP contribution is -2.14. The van der Waals surface area contributed by atoms with Crippen LogP contribution in [-0.4, -0.2) is 31.2 Å². The van der Waals surface area contributed by atoms with Gasteiger partial charge in [0.1, 0.15) is 5.69 Å². The molecule has 0 unspecified atom stereocenters. The van der Waals surface area contributed by atoms with Crippen molar-refractivity contribution < 1.29 is 9.53 Å². The van der Waals surface area contributed by atoms with Crippen molar-refractivity contribution in [1.82, 2.24) is 4.98 Å². The maximum atomic E-state index is 12.2. The summed E-state index contributed by atoms with van der Waals surface area (Å²) >= 11 is 3.44. The molecule has 6 heteroatoms. The smallest absolute Gasteiger partial charge is 0.274 e. The van der Waals surface area contributed by atoms with Gasteiger partial charge in [0.2, 0.25) is 0 Å². The van der Waals surface area contributed by atoms with Crippen LogP contribution >= 0.6 is 15.9 Å². The topological polar surface area (TPSA) is 63.2 Å². The van der Waals surface area contributed by atoms with Crippen LogP contribution in [0, 0.1) is 6.92 Å². The first-order valence-electron chi connectivity index (χ1n) is 6.86. The van der Waals surface area contributed by atoms with Gasteiger partial charge in [0, 0.05) is 18.1 Å². The molecular weight excluding hydrogens is 346 g/mol. The first kappa shape index (κ1) is 16.5. The molecule has 0 aliphatic heterocycles. The molecule has 2 rings (SSSR count). The molecule has 1 heterocycles. The Morgan fingerprint density at radius 3 is 2.77 bits per heavy atom. The fourth-order valence-corrected chi connectivity index (χ4v) is 2.43. The second-order valence-electron chi connectivity index (χ2n) is 4.79. The van der Waals surface area contributed by atoms with E-state index in [0.717, 1.165) is 21.4 Å². The number of halogens is 1. The minimum absolute atomic E-state index is 0.243. The molecule has 116 valence electrons. The minimum Gasteiger partial charge on any atom is -0.383 e. The largest absolute Gasteiger partial charge is 0.383 e. The molecule has 5 nitrogen and oxygen atoms in total. The first-order valence-corrected chi connectivity index (χ1v) is 7.66. The van der Waals surface area contributed by atoms with E-state index in [4.69, 9.17) is 4.74 Å². The highest BCUT2D eigenvalue weighted by Gasteiger charge is 2.09. The number of hydrogen-bond acceptors (Lipinski definition) is 4. The second-order valence-corrected chi connectivity index (χ2v) is 5.64. The van der Waals surface area contributed by atoms with Crippen LogP contribution in [0.4, 0.5) is 11.4 Å². The van der Waals surface area contributed by atoms with Crippen LogP contribution in [0.1, 0.15) is 16.1 Å². The first-order chi connectivity index (χ1) is 10.6. The van der Waals surface area contributed by atoms with E-state index in [-0.39, 0.29) is 5.91 Å². The summed E-state index contributed by atoms with van der Waals surface area (Å²) in [5.41, 5.74) is 3.06. The standard InChI is InChI=1S/C16H18BrN3O2/c1-11-3-5-14(13(17)9-11)20-16(21)15-6-4-12(10-19-15)18-7-8-22-2/h3-6,9-10,18H,7-8H2,1-2H3,(H,20,21). The summed E-state index contributed by atoms with van der Waals surface area (Å²) in [5.74, 6) is -0.243. The Balaban J connectivity index is 2.00. The summed E-state index contributed by atoms with van der Waals surface area (Å²) in [6.07, 6.45) is 1.63. The lowest BCUT2D eigenvalue weighted by Gasteiger charge is -2.09. The van der Waals surface area contributed by atoms with Gasteiger partial charge in [-0.1, -0.05) is 6.07 Å². The number of benzene rings is 1. The molecule has 22 heavy (non-hydrogen) atoms. The van der Waals surface area contributed by atoms with Gasteiger partial charge in [-0.25, -0.2) is 4.98 Å². The van der Waals surface area contributed by atoms with E-state index in [9.17, 15) is 4.79 Å². The van der Waals surface area contributed by atoms with Crippen molar-refractivity contribution in [3.05, 3.63) is 52.3 Å². The van der Waals surface area contributed by atoms with Crippen molar-refractivity contribution in [2.45, 2.75) is 6.92 Å². The zero-order chi connectivity index (χ0) is 15.9. The Hall–Kier alpha value is -1.92. The fraction of sp³-hybridized carbons (Fsp3) is 0.250. The highest BCUT2D eigenvalue weighted by atomic mass is 79.9. The number of ether oxygens (including phenoxy) is 1. The lowest BCUT2D eigenvalue weighted by molar-refractivity contribution is 0.102. The zero-order valence-electron chi connectivity index (χ0n) is 12.5. The van der Waals surface area contributed by atoms with E-state index in [1.54, 1.807) is 19.4 Å². The quantitative estimate of drug-likeness (QED) is 0.771. The predicted octanol–water partition coefficient (Wildman–Crippen LogP) is 3.46. The Kier molecular flexibility index (Phi) is 5.91. The van der Waals surface area contributed by atoms with Crippen LogP contribution in [0.5, 0.6) is 0 Å². The third-order valence-electron chi connectivity index (χ3n) is 3.00. The van der Waals surface area contributed by atoms with Gasteiger partial charge in [0.25, 0.3) is 5.91 Å². The number of rotatable bonds is 6. The van der Waals surface area contributed by atoms with E-state index in [1.807, 2.05) is 31.2 Å². The maximum absolute atomic E-state index is 12.2. The molecule has 0 atom stereocenters. The summed E-state index contributed by atoms with van der Waals surface area (Å²) in [4.78, 5) is 16.4. The van der Waals surface area contributed by atoms with Crippen molar-refractivity contribution in [1.29, 1.82) is 0 Å². The molecule has 1 aromatic heterocycles. The van der Waals surface area contributed by atoms with Crippen LogP contribution in [-0.2, 0) is 4.74 Å². The lowest BCUT2D eigenvalue weighted by atomic mass is 10.2. The highest BCUT2D eigenvalue weighted by Crippen LogP contribution is 2.23. The zero-order valence-corrected chi connectivity index (χ0v) is 14.1. The van der Waals surface area contributed by atoms with Crippen molar-refractivity contribution in [3.63, 3.8) is 0 Å². The second kappa shape index (κ2) is 7.91. The van der Waals surface area contributed by atoms with Gasteiger partial charge in [-0.15, -0.1) is 0 Å². The molecule has 0 fully saturated rings. The summed E-state index contributed by atoms with van der Waals surface area (Å²) in [7, 11) is 1.65. The number of aryl methyl sites for hydroxylation is 1. The molecule has 0 radical (unpaired) electrons. The normalized spacial score (nSPS) is 10.3. The van der Waals surface area contributed by atoms with Crippen LogP contribution < -0.4 is 10.6 Å². The molecule has 2 N–H and O–H groups in total. The van der Waals surface area contributed by atoms with Crippen LogP contribution in [0.2, 0.25) is 0 Å². The summed E-state index contributed by atoms with van der Waals surface area (Å²) in [6.45, 7) is 3.30. The van der Waals surface area contributed by atoms with E-state index in [0.29, 0.717) is 18.8 Å². The van der Waals surface area contributed by atoms with Crippen molar-refractivity contribution in [2.75, 3.05) is 30.9 Å². The summed E-state index contributed by atoms with van der Waals surface area (Å²) in [6, 6.07) is 9.26. The number of amides is 1. The molecule has 1 amide bonds. The number of nitrogens with zero attached hydrogens (tertiary/aromatic N) is 1. The van der Waals surface area contributed by atoms with E-state index < -0.39 is 0 Å². The molecular formula is C16H18BrN3O2. The van der Waals surface area contributed by atoms with E-state index >= 15 is 0 Å². The maximum Gasteiger partial charge on any atom is 0.274 e. The molecule has 0 saturated heterocycles. The number of pyridine rings is 1. The van der Waals surface area contributed by atoms with Crippen LogP contribution in [0.25, 0.3) is 0 Å². The number of carbonyl (C=O) groups is 1. The molecule has 0 aliphatic rings. The van der Waals surface area contributed by atoms with E-state index in [1.165, 1.54) is 0 Å². The molecule has 0 saturated carbocycles. The van der Waals surface area contributed by atoms with Gasteiger partial charge in [0.15, 0.2) is 0 Å².